The van der Waals surface area contributed by atoms with Gasteiger partial charge in [-0.3, -0.25) is 14.4 Å². The number of hydrogen-bond donors (Lipinski definition) is 3. The van der Waals surface area contributed by atoms with E-state index in [9.17, 15) is 34.5 Å². The van der Waals surface area contributed by atoms with E-state index >= 15 is 0 Å². The van der Waals surface area contributed by atoms with Crippen LogP contribution in [0.2, 0.25) is 0 Å². The molecule has 6 unspecified atom stereocenters. The zero-order valence-electron chi connectivity index (χ0n) is 53.7. The van der Waals surface area contributed by atoms with Crippen LogP contribution in [0.3, 0.4) is 0 Å². The normalized spacial score (nSPS) is 17.7. The second-order valence-corrected chi connectivity index (χ2v) is 24.2. The Morgan fingerprint density at radius 1 is 0.398 bits per heavy atom. The molecule has 0 aromatic carbocycles. The number of ether oxygens (including phenoxy) is 5. The van der Waals surface area contributed by atoms with Crippen molar-refractivity contribution < 1.29 is 58.2 Å². The summed E-state index contributed by atoms with van der Waals surface area (Å²) in [5.74, 6) is -3.10. The van der Waals surface area contributed by atoms with Crippen LogP contribution in [0.5, 0.6) is 0 Å². The van der Waals surface area contributed by atoms with Crippen molar-refractivity contribution in [3.8, 4) is 0 Å². The fraction of sp³-hybridized carbons (Fsp3) is 0.859. The molecule has 1 rings (SSSR count). The Bertz CT molecular complexity index is 1580. The predicted octanol–water partition coefficient (Wildman–Crippen LogP) is 19.1. The average molecular weight is 1170 g/mol. The fourth-order valence-electron chi connectivity index (χ4n) is 10.8. The van der Waals surface area contributed by atoms with Crippen LogP contribution in [0.25, 0.3) is 0 Å². The van der Waals surface area contributed by atoms with Crippen molar-refractivity contribution in [2.24, 2.45) is 0 Å². The Labute approximate surface area is 508 Å². The van der Waals surface area contributed by atoms with Gasteiger partial charge < -0.3 is 39.0 Å². The summed E-state index contributed by atoms with van der Waals surface area (Å²) in [5, 5.41) is 31.6. The number of aliphatic carboxylic acids is 1. The SMILES string of the molecule is CCCCC/C=C\C/C=C\CCCCCCCCCCCC(=O)OCC(COC1OC(C(=O)O)C(O)C(O)C1OC(=O)CCCCCCC/C=C\CCCCCCCC)OC(=O)CCCCCCCCCCCCCCCCCCCCC. The number of carbonyl (C=O) groups excluding carboxylic acids is 3. The van der Waals surface area contributed by atoms with Crippen LogP contribution < -0.4 is 0 Å². The lowest BCUT2D eigenvalue weighted by molar-refractivity contribution is -0.301. The van der Waals surface area contributed by atoms with E-state index in [-0.39, 0.29) is 25.9 Å². The molecular formula is C71H128O12. The second kappa shape index (κ2) is 59.3. The molecule has 1 fully saturated rings. The third kappa shape index (κ3) is 48.7. The van der Waals surface area contributed by atoms with Crippen molar-refractivity contribution in [1.82, 2.24) is 0 Å². The van der Waals surface area contributed by atoms with Crippen LogP contribution in [-0.2, 0) is 42.9 Å². The minimum atomic E-state index is -1.90. The topological polar surface area (TPSA) is 175 Å². The molecule has 0 radical (unpaired) electrons. The minimum absolute atomic E-state index is 0.0540. The average Bonchev–Trinajstić information content (AvgIpc) is 3.58. The first-order valence-electron chi connectivity index (χ1n) is 35.0. The third-order valence-corrected chi connectivity index (χ3v) is 16.2. The molecular weight excluding hydrogens is 1040 g/mol. The quantitative estimate of drug-likeness (QED) is 0.0228. The fourth-order valence-corrected chi connectivity index (χ4v) is 10.8. The largest absolute Gasteiger partial charge is 0.479 e. The van der Waals surface area contributed by atoms with Crippen LogP contribution in [0.15, 0.2) is 36.5 Å². The van der Waals surface area contributed by atoms with Crippen molar-refractivity contribution >= 4 is 23.9 Å². The number of esters is 3. The Morgan fingerprint density at radius 3 is 1.12 bits per heavy atom. The van der Waals surface area contributed by atoms with Crippen molar-refractivity contribution in [2.45, 2.75) is 379 Å². The maximum Gasteiger partial charge on any atom is 0.335 e. The minimum Gasteiger partial charge on any atom is -0.479 e. The third-order valence-electron chi connectivity index (χ3n) is 16.2. The number of carbonyl (C=O) groups is 4. The molecule has 1 heterocycles. The molecule has 0 aromatic heterocycles. The van der Waals surface area contributed by atoms with Crippen LogP contribution in [0.1, 0.15) is 342 Å². The molecule has 12 heteroatoms. The van der Waals surface area contributed by atoms with E-state index in [0.717, 1.165) is 89.9 Å². The maximum absolute atomic E-state index is 13.2. The Morgan fingerprint density at radius 2 is 0.723 bits per heavy atom. The summed E-state index contributed by atoms with van der Waals surface area (Å²) in [7, 11) is 0. The van der Waals surface area contributed by atoms with Gasteiger partial charge in [-0.05, 0) is 77.0 Å². The first kappa shape index (κ1) is 78.0. The zero-order chi connectivity index (χ0) is 60.3. The number of aliphatic hydroxyl groups excluding tert-OH is 2. The summed E-state index contributed by atoms with van der Waals surface area (Å²) in [6, 6.07) is 0. The maximum atomic E-state index is 13.2. The van der Waals surface area contributed by atoms with Gasteiger partial charge in [0.25, 0.3) is 0 Å². The lowest BCUT2D eigenvalue weighted by Gasteiger charge is -2.40. The van der Waals surface area contributed by atoms with Gasteiger partial charge in [0.2, 0.25) is 0 Å². The van der Waals surface area contributed by atoms with Gasteiger partial charge in [-0.1, -0.05) is 282 Å². The molecule has 1 saturated heterocycles. The van der Waals surface area contributed by atoms with E-state index in [4.69, 9.17) is 23.7 Å². The van der Waals surface area contributed by atoms with Crippen LogP contribution >= 0.6 is 0 Å². The Kier molecular flexibility index (Phi) is 55.7. The van der Waals surface area contributed by atoms with Gasteiger partial charge in [0.15, 0.2) is 24.6 Å². The van der Waals surface area contributed by atoms with E-state index in [1.54, 1.807) is 0 Å². The van der Waals surface area contributed by atoms with E-state index in [1.165, 1.54) is 193 Å². The molecule has 0 spiro atoms. The number of rotatable bonds is 61. The van der Waals surface area contributed by atoms with Gasteiger partial charge >= 0.3 is 23.9 Å². The molecule has 0 amide bonds. The first-order chi connectivity index (χ1) is 40.6. The molecule has 484 valence electrons. The molecule has 83 heavy (non-hydrogen) atoms. The highest BCUT2D eigenvalue weighted by Crippen LogP contribution is 2.27. The molecule has 6 atom stereocenters. The summed E-state index contributed by atoms with van der Waals surface area (Å²) in [6.07, 6.45) is 59.5. The summed E-state index contributed by atoms with van der Waals surface area (Å²) in [5.41, 5.74) is 0. The monoisotopic (exact) mass is 1170 g/mol. The van der Waals surface area contributed by atoms with Crippen molar-refractivity contribution in [2.75, 3.05) is 13.2 Å². The Hall–Kier alpha value is -3.06. The molecule has 3 N–H and O–H groups in total. The number of allylic oxidation sites excluding steroid dienone is 6. The van der Waals surface area contributed by atoms with Gasteiger partial charge in [-0.2, -0.15) is 0 Å². The molecule has 0 aromatic rings. The van der Waals surface area contributed by atoms with E-state index in [2.05, 4.69) is 57.2 Å². The van der Waals surface area contributed by atoms with Crippen molar-refractivity contribution in [3.05, 3.63) is 36.5 Å². The summed E-state index contributed by atoms with van der Waals surface area (Å²) < 4.78 is 28.6. The molecule has 1 aliphatic rings. The van der Waals surface area contributed by atoms with Gasteiger partial charge in [0.05, 0.1) is 6.61 Å². The number of aliphatic hydroxyl groups is 2. The van der Waals surface area contributed by atoms with E-state index in [1.807, 2.05) is 0 Å². The van der Waals surface area contributed by atoms with E-state index < -0.39 is 67.3 Å². The Balaban J connectivity index is 2.62. The molecule has 1 aliphatic heterocycles. The van der Waals surface area contributed by atoms with Gasteiger partial charge in [0, 0.05) is 19.3 Å². The molecule has 12 nitrogen and oxygen atoms in total. The van der Waals surface area contributed by atoms with Gasteiger partial charge in [-0.25, -0.2) is 4.79 Å². The highest BCUT2D eigenvalue weighted by atomic mass is 16.7. The highest BCUT2D eigenvalue weighted by Gasteiger charge is 2.50. The summed E-state index contributed by atoms with van der Waals surface area (Å²) in [6.45, 7) is 6.03. The van der Waals surface area contributed by atoms with Gasteiger partial charge in [-0.15, -0.1) is 0 Å². The van der Waals surface area contributed by atoms with Crippen LogP contribution in [0, 0.1) is 0 Å². The summed E-state index contributed by atoms with van der Waals surface area (Å²) in [4.78, 5) is 51.4. The highest BCUT2D eigenvalue weighted by molar-refractivity contribution is 5.74. The first-order valence-corrected chi connectivity index (χ1v) is 35.0. The molecule has 0 bridgehead atoms. The van der Waals surface area contributed by atoms with Crippen LogP contribution in [0.4, 0.5) is 0 Å². The van der Waals surface area contributed by atoms with E-state index in [0.29, 0.717) is 19.3 Å². The van der Waals surface area contributed by atoms with Gasteiger partial charge in [0.1, 0.15) is 18.8 Å². The smallest absolute Gasteiger partial charge is 0.335 e. The molecule has 0 aliphatic carbocycles. The number of unbranched alkanes of at least 4 members (excludes halogenated alkanes) is 41. The van der Waals surface area contributed by atoms with Crippen molar-refractivity contribution in [3.63, 3.8) is 0 Å². The predicted molar refractivity (Wildman–Crippen MR) is 340 cm³/mol. The summed E-state index contributed by atoms with van der Waals surface area (Å²) >= 11 is 0. The van der Waals surface area contributed by atoms with Crippen LogP contribution in [-0.4, -0.2) is 89.2 Å². The van der Waals surface area contributed by atoms with Crippen molar-refractivity contribution in [1.29, 1.82) is 0 Å². The second-order valence-electron chi connectivity index (χ2n) is 24.2. The lowest BCUT2D eigenvalue weighted by Crippen LogP contribution is -2.61. The zero-order valence-corrected chi connectivity index (χ0v) is 53.7. The number of carboxylic acid groups (broad SMARTS) is 1. The standard InChI is InChI=1S/C71H128O12/c1-4-7-10-13-16-19-22-25-28-30-32-34-37-39-42-45-48-51-54-57-63(72)79-60-62(81-64(73)58-55-52-49-46-43-41-38-35-33-31-29-26-23-20-17-14-11-8-5-2)61-80-71-69(67(76)66(75)68(83-71)70(77)78)82-65(74)59-56-53-50-47-44-40-36-27-24-21-18-15-12-9-6-3/h16,19,25,27-28,36,62,66-69,71,75-76H,4-15,17-18,20-24,26,29-35,37-61H2,1-3H3,(H,77,78)/b19-16-,28-25-,36-27-. The molecule has 0 saturated carbocycles. The number of carboxylic acids is 1. The lowest BCUT2D eigenvalue weighted by atomic mass is 9.98. The number of hydrogen-bond acceptors (Lipinski definition) is 11.